The molecule has 1 saturated heterocycles. The predicted octanol–water partition coefficient (Wildman–Crippen LogP) is 2.99. The molecule has 1 amide bonds. The zero-order chi connectivity index (χ0) is 16.3. The maximum absolute atomic E-state index is 12.9. The number of likely N-dealkylation sites (tertiary alicyclic amines) is 1. The first-order chi connectivity index (χ1) is 10.3. The molecule has 1 fully saturated rings. The minimum absolute atomic E-state index is 0.0703. The van der Waals surface area contributed by atoms with Crippen molar-refractivity contribution < 1.29 is 19.0 Å². The minimum atomic E-state index is -0.549. The average molecular weight is 309 g/mol. The predicted molar refractivity (Wildman–Crippen MR) is 82.0 cm³/mol. The van der Waals surface area contributed by atoms with E-state index in [1.807, 2.05) is 20.8 Å². The van der Waals surface area contributed by atoms with Crippen LogP contribution in [0.25, 0.3) is 0 Å². The second-order valence-electron chi connectivity index (χ2n) is 6.90. The van der Waals surface area contributed by atoms with Crippen LogP contribution in [0.15, 0.2) is 24.3 Å². The summed E-state index contributed by atoms with van der Waals surface area (Å²) in [5.74, 6) is -0.00563. The molecule has 2 atom stereocenters. The normalized spacial score (nSPS) is 22.0. The van der Waals surface area contributed by atoms with Gasteiger partial charge in [-0.2, -0.15) is 0 Å². The molecule has 0 unspecified atom stereocenters. The number of benzene rings is 1. The van der Waals surface area contributed by atoms with E-state index in [-0.39, 0.29) is 30.5 Å². The maximum Gasteiger partial charge on any atom is 0.410 e. The molecule has 1 N–H and O–H groups in total. The number of rotatable bonds is 3. The van der Waals surface area contributed by atoms with Crippen molar-refractivity contribution in [1.82, 2.24) is 4.90 Å². The zero-order valence-electron chi connectivity index (χ0n) is 13.4. The highest BCUT2D eigenvalue weighted by atomic mass is 19.1. The molecule has 1 aromatic rings. The summed E-state index contributed by atoms with van der Waals surface area (Å²) in [6.45, 7) is 5.96. The number of halogens is 1. The van der Waals surface area contributed by atoms with Crippen LogP contribution in [0.5, 0.6) is 0 Å². The fourth-order valence-corrected chi connectivity index (χ4v) is 2.83. The lowest BCUT2D eigenvalue weighted by molar-refractivity contribution is 0.0172. The van der Waals surface area contributed by atoms with E-state index in [9.17, 15) is 14.3 Å². The second-order valence-corrected chi connectivity index (χ2v) is 6.90. The molecule has 1 aromatic carbocycles. The summed E-state index contributed by atoms with van der Waals surface area (Å²) in [4.78, 5) is 13.8. The van der Waals surface area contributed by atoms with Crippen molar-refractivity contribution in [1.29, 1.82) is 0 Å². The molecule has 1 aliphatic rings. The first kappa shape index (κ1) is 16.7. The van der Waals surface area contributed by atoms with Crippen molar-refractivity contribution >= 4 is 6.09 Å². The van der Waals surface area contributed by atoms with Gasteiger partial charge in [0.05, 0.1) is 12.6 Å². The van der Waals surface area contributed by atoms with Gasteiger partial charge in [0, 0.05) is 6.54 Å². The first-order valence-corrected chi connectivity index (χ1v) is 7.63. The Kier molecular flexibility index (Phi) is 5.06. The number of carbonyl (C=O) groups excluding carboxylic acids is 1. The summed E-state index contributed by atoms with van der Waals surface area (Å²) in [7, 11) is 0. The van der Waals surface area contributed by atoms with Gasteiger partial charge in [0.2, 0.25) is 0 Å². The van der Waals surface area contributed by atoms with Crippen molar-refractivity contribution in [2.45, 2.75) is 45.3 Å². The average Bonchev–Trinajstić information content (AvgIpc) is 2.83. The van der Waals surface area contributed by atoms with Crippen LogP contribution < -0.4 is 0 Å². The number of hydrogen-bond acceptors (Lipinski definition) is 3. The van der Waals surface area contributed by atoms with E-state index in [2.05, 4.69) is 0 Å². The third kappa shape index (κ3) is 4.44. The standard InChI is InChI=1S/C17H24FNO3/c1-17(2,3)22-16(21)19-10-13(9-15(19)11-20)8-12-4-6-14(18)7-5-12/h4-7,13,15,20H,8-11H2,1-3H3/t13-,15+/m0/s1. The van der Waals surface area contributed by atoms with E-state index in [0.29, 0.717) is 6.54 Å². The quantitative estimate of drug-likeness (QED) is 0.934. The van der Waals surface area contributed by atoms with Crippen LogP contribution >= 0.6 is 0 Å². The zero-order valence-corrected chi connectivity index (χ0v) is 13.4. The van der Waals surface area contributed by atoms with Crippen LogP contribution in [0.3, 0.4) is 0 Å². The fraction of sp³-hybridized carbons (Fsp3) is 0.588. The SMILES string of the molecule is CC(C)(C)OC(=O)N1C[C@@H](Cc2ccc(F)cc2)C[C@@H]1CO. The van der Waals surface area contributed by atoms with Gasteiger partial charge < -0.3 is 14.7 Å². The Labute approximate surface area is 130 Å². The van der Waals surface area contributed by atoms with Crippen LogP contribution in [-0.2, 0) is 11.2 Å². The lowest BCUT2D eigenvalue weighted by atomic mass is 9.97. The van der Waals surface area contributed by atoms with Gasteiger partial charge in [0.15, 0.2) is 0 Å². The van der Waals surface area contributed by atoms with Crippen molar-refractivity contribution in [3.8, 4) is 0 Å². The van der Waals surface area contributed by atoms with Gasteiger partial charge in [0.1, 0.15) is 11.4 Å². The van der Waals surface area contributed by atoms with Crippen LogP contribution in [0.1, 0.15) is 32.8 Å². The Morgan fingerprint density at radius 1 is 1.36 bits per heavy atom. The lowest BCUT2D eigenvalue weighted by Crippen LogP contribution is -2.41. The summed E-state index contributed by atoms with van der Waals surface area (Å²) < 4.78 is 18.3. The monoisotopic (exact) mass is 309 g/mol. The van der Waals surface area contributed by atoms with Gasteiger partial charge in [-0.3, -0.25) is 0 Å². The second kappa shape index (κ2) is 6.65. The van der Waals surface area contributed by atoms with E-state index in [0.717, 1.165) is 18.4 Å². The minimum Gasteiger partial charge on any atom is -0.444 e. The van der Waals surface area contributed by atoms with Gasteiger partial charge in [0.25, 0.3) is 0 Å². The molecule has 4 nitrogen and oxygen atoms in total. The van der Waals surface area contributed by atoms with Crippen LogP contribution in [0.2, 0.25) is 0 Å². The number of aliphatic hydroxyl groups is 1. The van der Waals surface area contributed by atoms with Crippen molar-refractivity contribution in [3.63, 3.8) is 0 Å². The van der Waals surface area contributed by atoms with Crippen LogP contribution in [0, 0.1) is 11.7 Å². The van der Waals surface area contributed by atoms with Crippen molar-refractivity contribution in [2.24, 2.45) is 5.92 Å². The third-order valence-electron chi connectivity index (χ3n) is 3.78. The number of ether oxygens (including phenoxy) is 1. The van der Waals surface area contributed by atoms with E-state index >= 15 is 0 Å². The number of nitrogens with zero attached hydrogens (tertiary/aromatic N) is 1. The summed E-state index contributed by atoms with van der Waals surface area (Å²) in [5, 5.41) is 9.50. The first-order valence-electron chi connectivity index (χ1n) is 7.63. The Morgan fingerprint density at radius 3 is 2.55 bits per heavy atom. The summed E-state index contributed by atoms with van der Waals surface area (Å²) >= 11 is 0. The van der Waals surface area contributed by atoms with Crippen molar-refractivity contribution in [3.05, 3.63) is 35.6 Å². The maximum atomic E-state index is 12.9. The molecule has 1 aliphatic heterocycles. The highest BCUT2D eigenvalue weighted by Crippen LogP contribution is 2.28. The molecule has 0 radical (unpaired) electrons. The van der Waals surface area contributed by atoms with Gasteiger partial charge in [-0.05, 0) is 57.2 Å². The topological polar surface area (TPSA) is 49.8 Å². The molecule has 0 spiro atoms. The van der Waals surface area contributed by atoms with Crippen LogP contribution in [-0.4, -0.2) is 40.9 Å². The van der Waals surface area contributed by atoms with Crippen molar-refractivity contribution in [2.75, 3.05) is 13.2 Å². The molecule has 2 rings (SSSR count). The summed E-state index contributed by atoms with van der Waals surface area (Å²) in [6, 6.07) is 6.21. The molecule has 122 valence electrons. The number of aliphatic hydroxyl groups excluding tert-OH is 1. The number of carbonyl (C=O) groups is 1. The smallest absolute Gasteiger partial charge is 0.410 e. The summed E-state index contributed by atoms with van der Waals surface area (Å²) in [5.41, 5.74) is 0.487. The molecule has 0 saturated carbocycles. The molecule has 0 bridgehead atoms. The molecule has 0 aromatic heterocycles. The Bertz CT molecular complexity index is 510. The van der Waals surface area contributed by atoms with Crippen LogP contribution in [0.4, 0.5) is 9.18 Å². The number of hydrogen-bond donors (Lipinski definition) is 1. The summed E-state index contributed by atoms with van der Waals surface area (Å²) in [6.07, 6.45) is 1.11. The lowest BCUT2D eigenvalue weighted by Gasteiger charge is -2.27. The molecular weight excluding hydrogens is 285 g/mol. The number of amides is 1. The van der Waals surface area contributed by atoms with E-state index in [4.69, 9.17) is 4.74 Å². The van der Waals surface area contributed by atoms with E-state index in [1.54, 1.807) is 17.0 Å². The van der Waals surface area contributed by atoms with E-state index < -0.39 is 5.60 Å². The largest absolute Gasteiger partial charge is 0.444 e. The third-order valence-corrected chi connectivity index (χ3v) is 3.78. The highest BCUT2D eigenvalue weighted by Gasteiger charge is 2.37. The van der Waals surface area contributed by atoms with Gasteiger partial charge in [-0.1, -0.05) is 12.1 Å². The van der Waals surface area contributed by atoms with E-state index in [1.165, 1.54) is 12.1 Å². The molecule has 1 heterocycles. The Hall–Kier alpha value is -1.62. The fourth-order valence-electron chi connectivity index (χ4n) is 2.83. The molecule has 5 heteroatoms. The Balaban J connectivity index is 1.99. The molecular formula is C17H24FNO3. The van der Waals surface area contributed by atoms with Gasteiger partial charge in [-0.15, -0.1) is 0 Å². The van der Waals surface area contributed by atoms with Gasteiger partial charge >= 0.3 is 6.09 Å². The van der Waals surface area contributed by atoms with Gasteiger partial charge in [-0.25, -0.2) is 9.18 Å². The molecule has 22 heavy (non-hydrogen) atoms. The molecule has 0 aliphatic carbocycles. The Morgan fingerprint density at radius 2 is 2.00 bits per heavy atom. The highest BCUT2D eigenvalue weighted by molar-refractivity contribution is 5.69.